The molecule has 0 amide bonds. The third kappa shape index (κ3) is 3.70. The second-order valence-corrected chi connectivity index (χ2v) is 5.12. The number of carbonyl (C=O) groups is 1. The highest BCUT2D eigenvalue weighted by molar-refractivity contribution is 6.01. The van der Waals surface area contributed by atoms with E-state index in [9.17, 15) is 15.0 Å². The van der Waals surface area contributed by atoms with Crippen LogP contribution in [0, 0.1) is 11.8 Å². The normalized spacial score (nSPS) is 23.8. The zero-order valence-electron chi connectivity index (χ0n) is 11.6. The Kier molecular flexibility index (Phi) is 5.35. The molecule has 2 unspecified atom stereocenters. The van der Waals surface area contributed by atoms with E-state index in [4.69, 9.17) is 10.5 Å². The second kappa shape index (κ2) is 6.56. The molecular formula is C13H22N2O4. The molecule has 108 valence electrons. The third-order valence-corrected chi connectivity index (χ3v) is 3.19. The predicted octanol–water partition coefficient (Wildman–Crippen LogP) is 0.756. The molecule has 0 aliphatic heterocycles. The van der Waals surface area contributed by atoms with Crippen LogP contribution in [-0.4, -0.2) is 41.7 Å². The number of aliphatic carboxylic acids is 1. The van der Waals surface area contributed by atoms with Gasteiger partial charge in [-0.2, -0.15) is 0 Å². The average Bonchev–Trinajstić information content (AvgIpc) is 2.34. The fourth-order valence-electron chi connectivity index (χ4n) is 2.17. The first-order valence-corrected chi connectivity index (χ1v) is 6.34. The van der Waals surface area contributed by atoms with Crippen LogP contribution in [0.3, 0.4) is 0 Å². The summed E-state index contributed by atoms with van der Waals surface area (Å²) in [7, 11) is 1.49. The minimum Gasteiger partial charge on any atom is -0.493 e. The van der Waals surface area contributed by atoms with Gasteiger partial charge in [0, 0.05) is 6.61 Å². The van der Waals surface area contributed by atoms with Gasteiger partial charge >= 0.3 is 5.97 Å². The van der Waals surface area contributed by atoms with Crippen molar-refractivity contribution in [2.45, 2.75) is 32.7 Å². The molecule has 0 saturated heterocycles. The van der Waals surface area contributed by atoms with Crippen molar-refractivity contribution < 1.29 is 19.7 Å². The first-order chi connectivity index (χ1) is 8.90. The smallest absolute Gasteiger partial charge is 0.328 e. The molecular weight excluding hydrogens is 248 g/mol. The predicted molar refractivity (Wildman–Crippen MR) is 71.7 cm³/mol. The highest BCUT2D eigenvalue weighted by Gasteiger charge is 2.28. The Morgan fingerprint density at radius 1 is 1.53 bits per heavy atom. The van der Waals surface area contributed by atoms with Crippen molar-refractivity contribution in [2.75, 3.05) is 13.7 Å². The molecule has 6 nitrogen and oxygen atoms in total. The Balaban J connectivity index is 3.12. The van der Waals surface area contributed by atoms with Gasteiger partial charge in [0.05, 0.1) is 18.5 Å². The van der Waals surface area contributed by atoms with Gasteiger partial charge in [-0.1, -0.05) is 13.8 Å². The quantitative estimate of drug-likeness (QED) is 0.684. The molecule has 6 heteroatoms. The molecule has 0 bridgehead atoms. The van der Waals surface area contributed by atoms with Gasteiger partial charge in [0.1, 0.15) is 6.04 Å². The number of nitrogens with two attached hydrogens (primary N) is 1. The van der Waals surface area contributed by atoms with Crippen LogP contribution in [0.5, 0.6) is 0 Å². The van der Waals surface area contributed by atoms with Crippen molar-refractivity contribution in [3.05, 3.63) is 11.5 Å². The summed E-state index contributed by atoms with van der Waals surface area (Å²) in [6.07, 6.45) is 1.02. The number of aliphatic hydroxyl groups is 1. The van der Waals surface area contributed by atoms with E-state index >= 15 is 0 Å². The van der Waals surface area contributed by atoms with Crippen LogP contribution in [0.2, 0.25) is 0 Å². The zero-order chi connectivity index (χ0) is 14.6. The van der Waals surface area contributed by atoms with Crippen molar-refractivity contribution in [3.8, 4) is 0 Å². The zero-order valence-corrected chi connectivity index (χ0v) is 11.6. The lowest BCUT2D eigenvalue weighted by molar-refractivity contribution is -0.139. The van der Waals surface area contributed by atoms with Gasteiger partial charge in [-0.05, 0) is 24.7 Å². The van der Waals surface area contributed by atoms with Gasteiger partial charge < -0.3 is 20.7 Å². The number of allylic oxidation sites excluding steroid dienone is 2. The van der Waals surface area contributed by atoms with E-state index in [1.165, 1.54) is 7.11 Å². The van der Waals surface area contributed by atoms with Gasteiger partial charge in [0.2, 0.25) is 0 Å². The van der Waals surface area contributed by atoms with Gasteiger partial charge in [0.15, 0.2) is 5.76 Å². The van der Waals surface area contributed by atoms with Crippen molar-refractivity contribution in [1.82, 2.24) is 0 Å². The Labute approximate surface area is 113 Å². The molecule has 0 aromatic rings. The maximum absolute atomic E-state index is 11.2. The van der Waals surface area contributed by atoms with E-state index in [0.29, 0.717) is 30.0 Å². The van der Waals surface area contributed by atoms with E-state index in [0.717, 1.165) is 0 Å². The largest absolute Gasteiger partial charge is 0.493 e. The van der Waals surface area contributed by atoms with Crippen LogP contribution >= 0.6 is 0 Å². The summed E-state index contributed by atoms with van der Waals surface area (Å²) in [4.78, 5) is 15.5. The van der Waals surface area contributed by atoms with Gasteiger partial charge in [0.25, 0.3) is 0 Å². The van der Waals surface area contributed by atoms with Gasteiger partial charge in [-0.15, -0.1) is 0 Å². The van der Waals surface area contributed by atoms with Gasteiger partial charge in [-0.3, -0.25) is 4.99 Å². The van der Waals surface area contributed by atoms with E-state index < -0.39 is 12.0 Å². The lowest BCUT2D eigenvalue weighted by Gasteiger charge is -2.26. The Hall–Kier alpha value is -1.56. The third-order valence-electron chi connectivity index (χ3n) is 3.19. The van der Waals surface area contributed by atoms with Crippen molar-refractivity contribution in [1.29, 1.82) is 0 Å². The highest BCUT2D eigenvalue weighted by atomic mass is 16.5. The second-order valence-electron chi connectivity index (χ2n) is 5.12. The molecule has 19 heavy (non-hydrogen) atoms. The number of nitrogens with zero attached hydrogens (tertiary/aromatic N) is 1. The van der Waals surface area contributed by atoms with Crippen molar-refractivity contribution in [3.63, 3.8) is 0 Å². The maximum atomic E-state index is 11.2. The molecule has 0 spiro atoms. The Bertz CT molecular complexity index is 401. The number of ether oxygens (including phenoxy) is 1. The highest BCUT2D eigenvalue weighted by Crippen LogP contribution is 2.26. The van der Waals surface area contributed by atoms with Crippen LogP contribution in [0.25, 0.3) is 0 Å². The van der Waals surface area contributed by atoms with E-state index in [1.807, 2.05) is 0 Å². The number of hydrogen-bond donors (Lipinski definition) is 3. The number of carboxylic acid groups (broad SMARTS) is 1. The summed E-state index contributed by atoms with van der Waals surface area (Å²) in [6, 6.07) is -0.828. The summed E-state index contributed by atoms with van der Waals surface area (Å²) in [5, 5.41) is 18.4. The number of carboxylic acids is 1. The number of aliphatic imine (C=N–C) groups is 1. The molecule has 2 atom stereocenters. The van der Waals surface area contributed by atoms with Crippen LogP contribution in [0.15, 0.2) is 16.4 Å². The Morgan fingerprint density at radius 2 is 2.16 bits per heavy atom. The van der Waals surface area contributed by atoms with Crippen LogP contribution in [-0.2, 0) is 9.53 Å². The molecule has 0 radical (unpaired) electrons. The van der Waals surface area contributed by atoms with E-state index in [2.05, 4.69) is 4.99 Å². The summed E-state index contributed by atoms with van der Waals surface area (Å²) in [5.41, 5.74) is 6.94. The summed E-state index contributed by atoms with van der Waals surface area (Å²) in [6.45, 7) is 3.60. The number of rotatable bonds is 5. The number of aliphatic hydroxyl groups excluding tert-OH is 1. The summed E-state index contributed by atoms with van der Waals surface area (Å²) < 4.78 is 5.22. The lowest BCUT2D eigenvalue weighted by Crippen LogP contribution is -2.31. The fraction of sp³-hybridized carbons (Fsp3) is 0.692. The van der Waals surface area contributed by atoms with Crippen molar-refractivity contribution in [2.24, 2.45) is 22.6 Å². The minimum atomic E-state index is -0.970. The molecule has 4 N–H and O–H groups in total. The molecule has 0 saturated carbocycles. The first-order valence-electron chi connectivity index (χ1n) is 6.34. The minimum absolute atomic E-state index is 0.00384. The SMILES string of the molecule is COC1=C(N)CC(CO)CC1=NC(C(=O)O)C(C)C. The maximum Gasteiger partial charge on any atom is 0.328 e. The standard InChI is InChI=1S/C13H22N2O4/c1-7(2)11(13(17)18)15-10-5-8(6-16)4-9(14)12(10)19-3/h7-8,11,16H,4-6,14H2,1-3H3,(H,17,18). The molecule has 1 rings (SSSR count). The monoisotopic (exact) mass is 270 g/mol. The molecule has 0 aromatic carbocycles. The molecule has 0 aromatic heterocycles. The first kappa shape index (κ1) is 15.5. The Morgan fingerprint density at radius 3 is 2.58 bits per heavy atom. The topological polar surface area (TPSA) is 105 Å². The van der Waals surface area contributed by atoms with Crippen molar-refractivity contribution >= 4 is 11.7 Å². The van der Waals surface area contributed by atoms with E-state index in [-0.39, 0.29) is 18.4 Å². The molecule has 0 fully saturated rings. The van der Waals surface area contributed by atoms with E-state index in [1.54, 1.807) is 13.8 Å². The molecule has 0 heterocycles. The van der Waals surface area contributed by atoms with Crippen LogP contribution < -0.4 is 5.73 Å². The average molecular weight is 270 g/mol. The number of hydrogen-bond acceptors (Lipinski definition) is 5. The van der Waals surface area contributed by atoms with Gasteiger partial charge in [-0.25, -0.2) is 4.79 Å². The number of methoxy groups -OCH3 is 1. The summed E-state index contributed by atoms with van der Waals surface area (Å²) in [5.74, 6) is -0.669. The lowest BCUT2D eigenvalue weighted by atomic mass is 9.89. The molecule has 1 aliphatic rings. The fourth-order valence-corrected chi connectivity index (χ4v) is 2.17. The van der Waals surface area contributed by atoms with Crippen LogP contribution in [0.1, 0.15) is 26.7 Å². The van der Waals surface area contributed by atoms with Crippen LogP contribution in [0.4, 0.5) is 0 Å². The molecule has 1 aliphatic carbocycles. The summed E-state index contributed by atoms with van der Waals surface area (Å²) >= 11 is 0.